The van der Waals surface area contributed by atoms with Gasteiger partial charge in [0.15, 0.2) is 5.78 Å². The number of benzene rings is 2. The standard InChI is InChI=1S/C31H32O5/c1-5-7-19-35-27(32)25-26(28(33)36-20-8-6-2)31(4)24(22-17-13-10-14-18-22)23(30(25,3)29(31)34)21-15-11-9-12-16-21/h5-6,9-18,25-26H,1-2,7-8,19-20H2,3-4H3/t25-,26+,30-,31-/m1/s1. The summed E-state index contributed by atoms with van der Waals surface area (Å²) in [5.41, 5.74) is 0.686. The summed E-state index contributed by atoms with van der Waals surface area (Å²) in [6, 6.07) is 19.2. The SMILES string of the molecule is C=CCCOC(=O)[C@@H]1[C@H](C(=O)OCCC=C)[C@]2(C)C(=O)[C@]1(C)C(c1ccccc1)=C2c1ccccc1. The normalized spacial score (nSPS) is 26.6. The first kappa shape index (κ1) is 25.4. The van der Waals surface area contributed by atoms with Gasteiger partial charge in [0.2, 0.25) is 0 Å². The van der Waals surface area contributed by atoms with E-state index in [-0.39, 0.29) is 19.0 Å². The fourth-order valence-corrected chi connectivity index (χ4v) is 6.05. The van der Waals surface area contributed by atoms with E-state index in [0.29, 0.717) is 12.8 Å². The zero-order valence-electron chi connectivity index (χ0n) is 20.9. The Hall–Kier alpha value is -3.73. The third kappa shape index (κ3) is 3.83. The Morgan fingerprint density at radius 2 is 1.11 bits per heavy atom. The van der Waals surface area contributed by atoms with Gasteiger partial charge in [0, 0.05) is 0 Å². The van der Waals surface area contributed by atoms with Gasteiger partial charge in [-0.15, -0.1) is 13.2 Å². The lowest BCUT2D eigenvalue weighted by Gasteiger charge is -2.39. The van der Waals surface area contributed by atoms with Crippen molar-refractivity contribution in [1.82, 2.24) is 0 Å². The molecule has 4 atom stereocenters. The van der Waals surface area contributed by atoms with Crippen molar-refractivity contribution in [3.05, 3.63) is 97.1 Å². The Kier molecular flexibility index (Phi) is 7.11. The molecule has 5 heteroatoms. The molecule has 5 nitrogen and oxygen atoms in total. The minimum atomic E-state index is -1.27. The zero-order valence-corrected chi connectivity index (χ0v) is 20.9. The Labute approximate surface area is 212 Å². The van der Waals surface area contributed by atoms with Gasteiger partial charge in [-0.25, -0.2) is 0 Å². The summed E-state index contributed by atoms with van der Waals surface area (Å²) in [6.45, 7) is 11.2. The fraction of sp³-hybridized carbons (Fsp3) is 0.323. The second-order valence-electron chi connectivity index (χ2n) is 9.66. The van der Waals surface area contributed by atoms with Crippen LogP contribution in [0.25, 0.3) is 11.1 Å². The predicted octanol–water partition coefficient (Wildman–Crippen LogP) is 5.68. The summed E-state index contributed by atoms with van der Waals surface area (Å²) in [4.78, 5) is 41.6. The maximum absolute atomic E-state index is 14.4. The van der Waals surface area contributed by atoms with Gasteiger partial charge < -0.3 is 9.47 Å². The summed E-state index contributed by atoms with van der Waals surface area (Å²) in [6.07, 6.45) is 4.27. The van der Waals surface area contributed by atoms with Gasteiger partial charge in [0.25, 0.3) is 0 Å². The van der Waals surface area contributed by atoms with E-state index < -0.39 is 34.6 Å². The molecule has 0 N–H and O–H groups in total. The van der Waals surface area contributed by atoms with Crippen molar-refractivity contribution in [2.75, 3.05) is 13.2 Å². The summed E-state index contributed by atoms with van der Waals surface area (Å²) in [5, 5.41) is 0. The van der Waals surface area contributed by atoms with Gasteiger partial charge in [-0.3, -0.25) is 14.4 Å². The van der Waals surface area contributed by atoms with Gasteiger partial charge in [0.1, 0.15) is 0 Å². The topological polar surface area (TPSA) is 69.7 Å². The van der Waals surface area contributed by atoms with Gasteiger partial charge in [-0.2, -0.15) is 0 Å². The quantitative estimate of drug-likeness (QED) is 0.247. The predicted molar refractivity (Wildman–Crippen MR) is 139 cm³/mol. The molecule has 0 aromatic heterocycles. The number of hydrogen-bond acceptors (Lipinski definition) is 5. The maximum Gasteiger partial charge on any atom is 0.311 e. The molecule has 0 saturated heterocycles. The Balaban J connectivity index is 1.96. The van der Waals surface area contributed by atoms with Gasteiger partial charge in [-0.1, -0.05) is 72.8 Å². The Morgan fingerprint density at radius 3 is 1.44 bits per heavy atom. The molecule has 1 fully saturated rings. The Morgan fingerprint density at radius 1 is 0.750 bits per heavy atom. The number of fused-ring (bicyclic) bond motifs is 2. The first-order valence-electron chi connectivity index (χ1n) is 12.3. The first-order chi connectivity index (χ1) is 17.3. The Bertz CT molecular complexity index is 1120. The number of ether oxygens (including phenoxy) is 2. The molecule has 186 valence electrons. The molecule has 2 aromatic rings. The molecule has 0 unspecified atom stereocenters. The molecule has 2 aromatic carbocycles. The van der Waals surface area contributed by atoms with Crippen LogP contribution in [0.4, 0.5) is 0 Å². The van der Waals surface area contributed by atoms with E-state index in [4.69, 9.17) is 9.47 Å². The van der Waals surface area contributed by atoms with Crippen molar-refractivity contribution >= 4 is 28.9 Å². The summed E-state index contributed by atoms with van der Waals surface area (Å²) in [5.74, 6) is -3.33. The highest BCUT2D eigenvalue weighted by molar-refractivity contribution is 6.26. The van der Waals surface area contributed by atoms with E-state index in [9.17, 15) is 14.4 Å². The third-order valence-corrected chi connectivity index (χ3v) is 7.57. The molecule has 0 aliphatic heterocycles. The van der Waals surface area contributed by atoms with Crippen LogP contribution >= 0.6 is 0 Å². The smallest absolute Gasteiger partial charge is 0.311 e. The monoisotopic (exact) mass is 484 g/mol. The van der Waals surface area contributed by atoms with Crippen molar-refractivity contribution in [3.63, 3.8) is 0 Å². The molecule has 2 aliphatic rings. The van der Waals surface area contributed by atoms with Crippen molar-refractivity contribution in [3.8, 4) is 0 Å². The lowest BCUT2D eigenvalue weighted by molar-refractivity contribution is -0.163. The second kappa shape index (κ2) is 10.1. The number of Topliss-reactive ketones (excluding diaryl/α,β-unsaturated/α-hetero) is 1. The van der Waals surface area contributed by atoms with Crippen LogP contribution < -0.4 is 0 Å². The van der Waals surface area contributed by atoms with Crippen molar-refractivity contribution in [2.45, 2.75) is 26.7 Å². The number of ketones is 1. The van der Waals surface area contributed by atoms with Gasteiger partial charge >= 0.3 is 11.9 Å². The molecule has 4 rings (SSSR count). The molecule has 2 aliphatic carbocycles. The summed E-state index contributed by atoms with van der Waals surface area (Å²) >= 11 is 0. The second-order valence-corrected chi connectivity index (χ2v) is 9.66. The van der Waals surface area contributed by atoms with Crippen LogP contribution in [0.1, 0.15) is 37.8 Å². The number of carbonyl (C=O) groups excluding carboxylic acids is 3. The summed E-state index contributed by atoms with van der Waals surface area (Å²) in [7, 11) is 0. The maximum atomic E-state index is 14.4. The molecule has 0 heterocycles. The lowest BCUT2D eigenvalue weighted by Crippen LogP contribution is -2.44. The average Bonchev–Trinajstić information content (AvgIpc) is 3.18. The number of hydrogen-bond donors (Lipinski definition) is 0. The largest absolute Gasteiger partial charge is 0.465 e. The van der Waals surface area contributed by atoms with Gasteiger partial charge in [0.05, 0.1) is 35.9 Å². The van der Waals surface area contributed by atoms with Crippen LogP contribution in [-0.2, 0) is 23.9 Å². The van der Waals surface area contributed by atoms with Crippen molar-refractivity contribution in [2.24, 2.45) is 22.7 Å². The van der Waals surface area contributed by atoms with E-state index >= 15 is 0 Å². The van der Waals surface area contributed by atoms with Crippen LogP contribution in [0.3, 0.4) is 0 Å². The van der Waals surface area contributed by atoms with E-state index in [1.54, 1.807) is 26.0 Å². The van der Waals surface area contributed by atoms with Gasteiger partial charge in [-0.05, 0) is 49.0 Å². The van der Waals surface area contributed by atoms with E-state index in [0.717, 1.165) is 22.3 Å². The number of allylic oxidation sites excluding steroid dienone is 2. The molecule has 0 radical (unpaired) electrons. The highest BCUT2D eigenvalue weighted by Crippen LogP contribution is 2.71. The van der Waals surface area contributed by atoms with Crippen LogP contribution in [0.15, 0.2) is 86.0 Å². The molecule has 0 amide bonds. The lowest BCUT2D eigenvalue weighted by atomic mass is 9.62. The molecular weight excluding hydrogens is 452 g/mol. The van der Waals surface area contributed by atoms with Crippen LogP contribution in [0, 0.1) is 22.7 Å². The highest BCUT2D eigenvalue weighted by Gasteiger charge is 2.76. The van der Waals surface area contributed by atoms with Crippen LogP contribution in [-0.4, -0.2) is 30.9 Å². The minimum absolute atomic E-state index is 0.133. The van der Waals surface area contributed by atoms with Crippen LogP contribution in [0.2, 0.25) is 0 Å². The average molecular weight is 485 g/mol. The van der Waals surface area contributed by atoms with E-state index in [1.807, 2.05) is 60.7 Å². The molecule has 2 bridgehead atoms. The zero-order chi connectivity index (χ0) is 25.9. The van der Waals surface area contributed by atoms with Crippen LogP contribution in [0.5, 0.6) is 0 Å². The molecule has 36 heavy (non-hydrogen) atoms. The third-order valence-electron chi connectivity index (χ3n) is 7.57. The summed E-state index contributed by atoms with van der Waals surface area (Å²) < 4.78 is 11.2. The molecular formula is C31H32O5. The highest BCUT2D eigenvalue weighted by atomic mass is 16.5. The molecule has 0 spiro atoms. The fourth-order valence-electron chi connectivity index (χ4n) is 6.05. The number of rotatable bonds is 10. The minimum Gasteiger partial charge on any atom is -0.465 e. The van der Waals surface area contributed by atoms with Crippen molar-refractivity contribution in [1.29, 1.82) is 0 Å². The van der Waals surface area contributed by atoms with E-state index in [2.05, 4.69) is 13.2 Å². The number of esters is 2. The molecule has 1 saturated carbocycles. The first-order valence-corrected chi connectivity index (χ1v) is 12.3. The van der Waals surface area contributed by atoms with E-state index in [1.165, 1.54) is 0 Å². The van der Waals surface area contributed by atoms with Crippen molar-refractivity contribution < 1.29 is 23.9 Å². The number of carbonyl (C=O) groups is 3.